The van der Waals surface area contributed by atoms with Crippen LogP contribution >= 0.6 is 0 Å². The highest BCUT2D eigenvalue weighted by Crippen LogP contribution is 2.10. The van der Waals surface area contributed by atoms with E-state index < -0.39 is 0 Å². The van der Waals surface area contributed by atoms with Crippen LogP contribution in [0.25, 0.3) is 0 Å². The third kappa shape index (κ3) is 6.40. The smallest absolute Gasteiger partial charge is 0.132 e. The summed E-state index contributed by atoms with van der Waals surface area (Å²) in [6.45, 7) is 7.41. The molecule has 1 rings (SSSR count). The Kier molecular flexibility index (Phi) is 8.05. The third-order valence-electron chi connectivity index (χ3n) is 3.04. The molecule has 0 aliphatic heterocycles. The average Bonchev–Trinajstić information content (AvgIpc) is 2.38. The monoisotopic (exact) mass is 252 g/mol. The number of rotatable bonds is 4. The number of carbonyl (C=O) groups excluding carboxylic acids is 1. The number of aliphatic hydroxyl groups excluding tert-OH is 1. The minimum Gasteiger partial charge on any atom is -0.497 e. The summed E-state index contributed by atoms with van der Waals surface area (Å²) in [5.41, 5.74) is 1.26. The number of hydrogen-bond donors (Lipinski definition) is 1. The van der Waals surface area contributed by atoms with Crippen LogP contribution in [-0.2, 0) is 4.79 Å². The van der Waals surface area contributed by atoms with Gasteiger partial charge in [0.15, 0.2) is 0 Å². The fourth-order valence-electron chi connectivity index (χ4n) is 1.23. The molecule has 3 heteroatoms. The molecule has 0 aliphatic carbocycles. The van der Waals surface area contributed by atoms with Gasteiger partial charge in [0.2, 0.25) is 0 Å². The lowest BCUT2D eigenvalue weighted by Crippen LogP contribution is -2.18. The molecule has 2 atom stereocenters. The van der Waals surface area contributed by atoms with Crippen molar-refractivity contribution in [2.45, 2.75) is 27.7 Å². The molecule has 0 bridgehead atoms. The number of methoxy groups -OCH3 is 1. The van der Waals surface area contributed by atoms with Crippen molar-refractivity contribution in [1.82, 2.24) is 0 Å². The van der Waals surface area contributed by atoms with E-state index in [-0.39, 0.29) is 24.2 Å². The van der Waals surface area contributed by atoms with Crippen LogP contribution < -0.4 is 4.74 Å². The van der Waals surface area contributed by atoms with E-state index in [1.54, 1.807) is 14.0 Å². The zero-order valence-electron chi connectivity index (χ0n) is 11.9. The van der Waals surface area contributed by atoms with Crippen molar-refractivity contribution in [3.8, 4) is 5.75 Å². The molecule has 0 fully saturated rings. The van der Waals surface area contributed by atoms with Gasteiger partial charge < -0.3 is 9.84 Å². The van der Waals surface area contributed by atoms with Crippen molar-refractivity contribution < 1.29 is 14.6 Å². The molecule has 0 amide bonds. The van der Waals surface area contributed by atoms with Crippen LogP contribution in [0.1, 0.15) is 26.3 Å². The number of aliphatic hydroxyl groups is 1. The Morgan fingerprint density at radius 1 is 1.28 bits per heavy atom. The molecular weight excluding hydrogens is 228 g/mol. The summed E-state index contributed by atoms with van der Waals surface area (Å²) in [6.07, 6.45) is 0. The number of aryl methyl sites for hydroxylation is 1. The van der Waals surface area contributed by atoms with Gasteiger partial charge in [0, 0.05) is 12.5 Å². The summed E-state index contributed by atoms with van der Waals surface area (Å²) < 4.78 is 4.97. The van der Waals surface area contributed by atoms with Crippen LogP contribution in [0.15, 0.2) is 24.3 Å². The molecule has 2 unspecified atom stereocenters. The Morgan fingerprint density at radius 2 is 1.78 bits per heavy atom. The van der Waals surface area contributed by atoms with Gasteiger partial charge in [-0.25, -0.2) is 0 Å². The Balaban J connectivity index is 0.000000321. The van der Waals surface area contributed by atoms with Gasteiger partial charge in [0.1, 0.15) is 11.5 Å². The molecule has 0 saturated heterocycles. The van der Waals surface area contributed by atoms with E-state index in [9.17, 15) is 4.79 Å². The number of ketones is 1. The van der Waals surface area contributed by atoms with E-state index >= 15 is 0 Å². The molecule has 0 saturated carbocycles. The number of Topliss-reactive ketones (excluding diaryl/α,β-unsaturated/α-hetero) is 1. The Bertz CT molecular complexity index is 343. The van der Waals surface area contributed by atoms with Crippen molar-refractivity contribution in [3.05, 3.63) is 29.8 Å². The third-order valence-corrected chi connectivity index (χ3v) is 3.04. The summed E-state index contributed by atoms with van der Waals surface area (Å²) in [5.74, 6) is 1.16. The van der Waals surface area contributed by atoms with E-state index in [1.807, 2.05) is 38.1 Å². The SMILES string of the molecule is CC(=O)C(C)C(C)CO.COc1ccc(C)cc1. The zero-order valence-corrected chi connectivity index (χ0v) is 11.9. The van der Waals surface area contributed by atoms with Crippen molar-refractivity contribution in [2.24, 2.45) is 11.8 Å². The Hall–Kier alpha value is -1.35. The van der Waals surface area contributed by atoms with Gasteiger partial charge >= 0.3 is 0 Å². The number of benzene rings is 1. The lowest BCUT2D eigenvalue weighted by Gasteiger charge is -2.12. The van der Waals surface area contributed by atoms with Gasteiger partial charge in [-0.1, -0.05) is 31.5 Å². The minimum absolute atomic E-state index is 0.00463. The average molecular weight is 252 g/mol. The lowest BCUT2D eigenvalue weighted by atomic mass is 9.94. The first-order valence-electron chi connectivity index (χ1n) is 6.14. The molecule has 1 aromatic carbocycles. The molecule has 3 nitrogen and oxygen atoms in total. The van der Waals surface area contributed by atoms with E-state index in [4.69, 9.17) is 9.84 Å². The molecule has 0 radical (unpaired) electrons. The van der Waals surface area contributed by atoms with Crippen molar-refractivity contribution >= 4 is 5.78 Å². The van der Waals surface area contributed by atoms with Crippen LogP contribution in [-0.4, -0.2) is 24.6 Å². The number of ether oxygens (including phenoxy) is 1. The lowest BCUT2D eigenvalue weighted by molar-refractivity contribution is -0.122. The van der Waals surface area contributed by atoms with Gasteiger partial charge in [-0.05, 0) is 31.9 Å². The van der Waals surface area contributed by atoms with Gasteiger partial charge in [-0.15, -0.1) is 0 Å². The van der Waals surface area contributed by atoms with Gasteiger partial charge in [0.25, 0.3) is 0 Å². The first-order valence-corrected chi connectivity index (χ1v) is 6.14. The molecule has 102 valence electrons. The van der Waals surface area contributed by atoms with Crippen LogP contribution in [0.4, 0.5) is 0 Å². The maximum absolute atomic E-state index is 10.6. The summed E-state index contributed by atoms with van der Waals surface area (Å²) in [6, 6.07) is 7.96. The molecule has 1 aromatic rings. The minimum atomic E-state index is -0.00463. The topological polar surface area (TPSA) is 46.5 Å². The van der Waals surface area contributed by atoms with Gasteiger partial charge in [-0.3, -0.25) is 4.79 Å². The highest BCUT2D eigenvalue weighted by atomic mass is 16.5. The van der Waals surface area contributed by atoms with Gasteiger partial charge in [-0.2, -0.15) is 0 Å². The summed E-state index contributed by atoms with van der Waals surface area (Å²) >= 11 is 0. The predicted molar refractivity (Wildman–Crippen MR) is 73.8 cm³/mol. The quantitative estimate of drug-likeness (QED) is 0.896. The first-order chi connectivity index (χ1) is 8.42. The zero-order chi connectivity index (χ0) is 14.1. The van der Waals surface area contributed by atoms with Crippen molar-refractivity contribution in [3.63, 3.8) is 0 Å². The van der Waals surface area contributed by atoms with E-state index in [1.165, 1.54) is 5.56 Å². The fraction of sp³-hybridized carbons (Fsp3) is 0.533. The number of carbonyl (C=O) groups is 1. The maximum atomic E-state index is 10.6. The Morgan fingerprint density at radius 3 is 2.06 bits per heavy atom. The summed E-state index contributed by atoms with van der Waals surface area (Å²) in [4.78, 5) is 10.6. The second-order valence-corrected chi connectivity index (χ2v) is 4.58. The molecule has 0 aliphatic rings. The molecule has 18 heavy (non-hydrogen) atoms. The molecule has 1 N–H and O–H groups in total. The van der Waals surface area contributed by atoms with E-state index in [0.717, 1.165) is 5.75 Å². The van der Waals surface area contributed by atoms with Crippen LogP contribution in [0, 0.1) is 18.8 Å². The largest absolute Gasteiger partial charge is 0.497 e. The van der Waals surface area contributed by atoms with Crippen molar-refractivity contribution in [2.75, 3.05) is 13.7 Å². The standard InChI is InChI=1S/C8H10O.C7H14O2/c1-7-3-5-8(9-2)6-4-7;1-5(4-8)6(2)7(3)9/h3-6H,1-2H3;5-6,8H,4H2,1-3H3. The van der Waals surface area contributed by atoms with Crippen LogP contribution in [0.5, 0.6) is 5.75 Å². The van der Waals surface area contributed by atoms with E-state index in [2.05, 4.69) is 6.92 Å². The molecular formula is C15H24O3. The second kappa shape index (κ2) is 8.70. The van der Waals surface area contributed by atoms with Crippen LogP contribution in [0.2, 0.25) is 0 Å². The first kappa shape index (κ1) is 16.6. The summed E-state index contributed by atoms with van der Waals surface area (Å²) in [7, 11) is 1.67. The van der Waals surface area contributed by atoms with E-state index in [0.29, 0.717) is 0 Å². The highest BCUT2D eigenvalue weighted by Gasteiger charge is 2.14. The Labute approximate surface area is 110 Å². The van der Waals surface area contributed by atoms with Crippen molar-refractivity contribution in [1.29, 1.82) is 0 Å². The molecule has 0 spiro atoms. The summed E-state index contributed by atoms with van der Waals surface area (Å²) in [5, 5.41) is 8.60. The normalized spacial score (nSPS) is 13.0. The predicted octanol–water partition coefficient (Wildman–Crippen LogP) is 2.84. The molecule has 0 aromatic heterocycles. The maximum Gasteiger partial charge on any atom is 0.132 e. The van der Waals surface area contributed by atoms with Gasteiger partial charge in [0.05, 0.1) is 7.11 Å². The molecule has 0 heterocycles. The fourth-order valence-corrected chi connectivity index (χ4v) is 1.23. The second-order valence-electron chi connectivity index (χ2n) is 4.58. The highest BCUT2D eigenvalue weighted by molar-refractivity contribution is 5.78. The number of hydrogen-bond acceptors (Lipinski definition) is 3. The van der Waals surface area contributed by atoms with Crippen LogP contribution in [0.3, 0.4) is 0 Å².